The Morgan fingerprint density at radius 3 is 1.74 bits per heavy atom. The van der Waals surface area contributed by atoms with E-state index in [0.29, 0.717) is 30.3 Å². The summed E-state index contributed by atoms with van der Waals surface area (Å²) in [6.45, 7) is 24.4. The molecule has 2 aromatic carbocycles. The van der Waals surface area contributed by atoms with Gasteiger partial charge in [0.05, 0.1) is 0 Å². The second-order valence-corrected chi connectivity index (χ2v) is 12.5. The zero-order chi connectivity index (χ0) is 26.4. The molecule has 2 rings (SSSR count). The van der Waals surface area contributed by atoms with Gasteiger partial charge in [0.2, 0.25) is 0 Å². The van der Waals surface area contributed by atoms with Crippen molar-refractivity contribution >= 4 is 37.8 Å². The first-order valence-corrected chi connectivity index (χ1v) is 15.1. The molecule has 0 spiro atoms. The molecule has 0 aliphatic rings. The molecule has 199 valence electrons. The molecule has 0 radical (unpaired) electrons. The van der Waals surface area contributed by atoms with Gasteiger partial charge in [-0.3, -0.25) is 0 Å². The number of hydrogen-bond donors (Lipinski definition) is 2. The van der Waals surface area contributed by atoms with Gasteiger partial charge in [0.15, 0.2) is 0 Å². The second kappa shape index (κ2) is 13.6. The van der Waals surface area contributed by atoms with Gasteiger partial charge in [-0.2, -0.15) is 0 Å². The van der Waals surface area contributed by atoms with Crippen LogP contribution in [0.1, 0.15) is 112 Å². The molecule has 35 heavy (non-hydrogen) atoms. The van der Waals surface area contributed by atoms with Crippen molar-refractivity contribution in [1.82, 2.24) is 4.42 Å². The molecule has 0 saturated heterocycles. The third kappa shape index (κ3) is 7.79. The standard InChI is InChI=1S/C29H45ClN3.ClH.Co/c1-18(2)24-13-22(9)14-25(19(3)4)28(24)31-11-12-33(30)17-32-29-26(20(5)6)15-23(10)16-27(29)21(7)8;;/h13-15,18-21,31-32H,11-12,17H2,1-10H3;1H;/q;;+1/p-1. The van der Waals surface area contributed by atoms with Crippen LogP contribution < -0.4 is 15.1 Å². The molecule has 3 nitrogen and oxygen atoms in total. The molecule has 0 heterocycles. The molecular weight excluding hydrogens is 520 g/mol. The van der Waals surface area contributed by atoms with Gasteiger partial charge in [0, 0.05) is 0 Å². The van der Waals surface area contributed by atoms with Gasteiger partial charge in [-0.05, 0) is 6.92 Å². The van der Waals surface area contributed by atoms with Crippen LogP contribution in [0.4, 0.5) is 11.4 Å². The molecule has 0 saturated carbocycles. The molecule has 0 atom stereocenters. The van der Waals surface area contributed by atoms with Crippen molar-refractivity contribution < 1.29 is 13.8 Å². The number of rotatable bonds is 12. The Morgan fingerprint density at radius 2 is 1.29 bits per heavy atom. The first kappa shape index (κ1) is 30.3. The van der Waals surface area contributed by atoms with Gasteiger partial charge in [0.25, 0.3) is 0 Å². The molecule has 2 aromatic rings. The molecule has 0 aromatic heterocycles. The maximum atomic E-state index is 6.70. The average Bonchev–Trinajstić information content (AvgIpc) is 2.77. The number of hydrogen-bond acceptors (Lipinski definition) is 3. The van der Waals surface area contributed by atoms with Crippen molar-refractivity contribution in [2.24, 2.45) is 0 Å². The van der Waals surface area contributed by atoms with Crippen LogP contribution in [-0.4, -0.2) is 24.2 Å². The number of nitrogens with one attached hydrogen (secondary N) is 2. The first-order valence-electron chi connectivity index (χ1n) is 12.8. The minimum atomic E-state index is 0.367. The quantitative estimate of drug-likeness (QED) is 0.199. The summed E-state index contributed by atoms with van der Waals surface area (Å²) in [7, 11) is 6.35. The summed E-state index contributed by atoms with van der Waals surface area (Å²) in [6.07, 6.45) is 0. The summed E-state index contributed by atoms with van der Waals surface area (Å²) >= 11 is 7.52. The van der Waals surface area contributed by atoms with Crippen LogP contribution in [0.3, 0.4) is 0 Å². The van der Waals surface area contributed by atoms with Crippen LogP contribution >= 0.6 is 21.9 Å². The summed E-state index contributed by atoms with van der Waals surface area (Å²) < 4.78 is 3.03. The Labute approximate surface area is 230 Å². The Morgan fingerprint density at radius 1 is 0.771 bits per heavy atom. The van der Waals surface area contributed by atoms with Crippen molar-refractivity contribution in [2.45, 2.75) is 92.9 Å². The van der Waals surface area contributed by atoms with Gasteiger partial charge in [-0.1, -0.05) is 33.3 Å². The zero-order valence-corrected chi connectivity index (χ0v) is 25.8. The van der Waals surface area contributed by atoms with E-state index in [1.807, 2.05) is 4.42 Å². The summed E-state index contributed by atoms with van der Waals surface area (Å²) in [5, 5.41) is 7.38. The third-order valence-corrected chi connectivity index (χ3v) is 8.11. The molecule has 0 unspecified atom stereocenters. The van der Waals surface area contributed by atoms with Crippen LogP contribution in [0, 0.1) is 13.8 Å². The third-order valence-electron chi connectivity index (χ3n) is 6.42. The van der Waals surface area contributed by atoms with Crippen LogP contribution in [0.2, 0.25) is 0 Å². The maximum absolute atomic E-state index is 6.70. The Bertz CT molecular complexity index is 957. The van der Waals surface area contributed by atoms with E-state index in [2.05, 4.69) is 98.1 Å². The van der Waals surface area contributed by atoms with Crippen molar-refractivity contribution in [3.8, 4) is 0 Å². The normalized spacial score (nSPS) is 12.1. The van der Waals surface area contributed by atoms with Crippen LogP contribution in [-0.2, 0) is 13.8 Å². The van der Waals surface area contributed by atoms with Crippen LogP contribution in [0.5, 0.6) is 0 Å². The van der Waals surface area contributed by atoms with Gasteiger partial charge in [-0.25, -0.2) is 0 Å². The van der Waals surface area contributed by atoms with E-state index < -0.39 is 0 Å². The Kier molecular flexibility index (Phi) is 11.8. The topological polar surface area (TPSA) is 27.3 Å². The van der Waals surface area contributed by atoms with E-state index in [0.717, 1.165) is 26.9 Å². The van der Waals surface area contributed by atoms with Gasteiger partial charge >= 0.3 is 191 Å². The molecule has 0 amide bonds. The van der Waals surface area contributed by atoms with E-state index in [4.69, 9.17) is 21.9 Å². The number of nitrogens with zero attached hydrogens (tertiary/aromatic N) is 1. The molecule has 0 aliphatic carbocycles. The van der Waals surface area contributed by atoms with E-state index >= 15 is 0 Å². The summed E-state index contributed by atoms with van der Waals surface area (Å²) in [5.41, 5.74) is 10.4. The fourth-order valence-corrected chi connectivity index (χ4v) is 6.21. The van der Waals surface area contributed by atoms with E-state index in [9.17, 15) is 0 Å². The number of aryl methyl sites for hydroxylation is 2. The fourth-order valence-electron chi connectivity index (χ4n) is 4.61. The van der Waals surface area contributed by atoms with Gasteiger partial charge in [-0.15, -0.1) is 0 Å². The van der Waals surface area contributed by atoms with E-state index in [-0.39, 0.29) is 0 Å². The van der Waals surface area contributed by atoms with Crippen molar-refractivity contribution in [3.05, 3.63) is 51.6 Å². The summed E-state index contributed by atoms with van der Waals surface area (Å²) in [5.74, 6) is 1.70. The predicted octanol–water partition coefficient (Wildman–Crippen LogP) is 8.60. The SMILES string of the molecule is Cc1cc(C(C)C)c(NCCN(Cl)CNc2c(C(C)C)cc(C)[c]([Co][Cl])c2C(C)C)c(C(C)C)c1. The number of anilines is 2. The smallest absolute Gasteiger partial charge is 0.0586 e. The fraction of sp³-hybridized carbons (Fsp3) is 0.586. The van der Waals surface area contributed by atoms with Crippen molar-refractivity contribution in [3.63, 3.8) is 0 Å². The molecule has 0 aliphatic heterocycles. The summed E-state index contributed by atoms with van der Waals surface area (Å²) in [6, 6.07) is 6.90. The Hall–Kier alpha value is -0.914. The van der Waals surface area contributed by atoms with E-state index in [1.54, 1.807) is 0 Å². The molecule has 0 fully saturated rings. The second-order valence-electron chi connectivity index (χ2n) is 10.8. The molecule has 2 N–H and O–H groups in total. The van der Waals surface area contributed by atoms with Crippen LogP contribution in [0.15, 0.2) is 18.2 Å². The molecular formula is C29H45Cl2CoN3. The van der Waals surface area contributed by atoms with Gasteiger partial charge in [0.1, 0.15) is 0 Å². The number of benzene rings is 2. The van der Waals surface area contributed by atoms with Crippen molar-refractivity contribution in [1.29, 1.82) is 0 Å². The minimum Gasteiger partial charge on any atom is -0.0586 e. The monoisotopic (exact) mass is 564 g/mol. The molecule has 0 bridgehead atoms. The van der Waals surface area contributed by atoms with Crippen molar-refractivity contribution in [2.75, 3.05) is 30.4 Å². The zero-order valence-electron chi connectivity index (χ0n) is 23.2. The number of halogens is 2. The Balaban J connectivity index is 2.17. The van der Waals surface area contributed by atoms with E-state index in [1.165, 1.54) is 49.3 Å². The molecule has 6 heteroatoms. The first-order chi connectivity index (χ1) is 16.4. The average molecular weight is 566 g/mol. The minimum absolute atomic E-state index is 0.367. The summed E-state index contributed by atoms with van der Waals surface area (Å²) in [4.78, 5) is 0. The predicted molar refractivity (Wildman–Crippen MR) is 154 cm³/mol. The van der Waals surface area contributed by atoms with Gasteiger partial charge < -0.3 is 0 Å². The van der Waals surface area contributed by atoms with Crippen LogP contribution in [0.25, 0.3) is 0 Å².